The maximum atomic E-state index is 11.8. The third-order valence-electron chi connectivity index (χ3n) is 4.44. The molecule has 2 aliphatic rings. The topological polar surface area (TPSA) is 55.8 Å². The molecule has 0 aromatic heterocycles. The summed E-state index contributed by atoms with van der Waals surface area (Å²) >= 11 is 0. The van der Waals surface area contributed by atoms with Crippen molar-refractivity contribution in [2.75, 3.05) is 13.2 Å². The average Bonchev–Trinajstić information content (AvgIpc) is 2.48. The van der Waals surface area contributed by atoms with Crippen molar-refractivity contribution in [2.24, 2.45) is 11.3 Å². The van der Waals surface area contributed by atoms with Crippen LogP contribution in [-0.2, 0) is 14.3 Å². The van der Waals surface area contributed by atoms with Crippen LogP contribution in [0.3, 0.4) is 0 Å². The lowest BCUT2D eigenvalue weighted by Gasteiger charge is -2.42. The zero-order valence-electron chi connectivity index (χ0n) is 11.8. The van der Waals surface area contributed by atoms with Crippen LogP contribution in [0.2, 0.25) is 0 Å². The van der Waals surface area contributed by atoms with E-state index in [9.17, 15) is 9.90 Å². The second-order valence-electron chi connectivity index (χ2n) is 6.84. The fourth-order valence-electron chi connectivity index (χ4n) is 3.83. The molecule has 2 saturated heterocycles. The lowest BCUT2D eigenvalue weighted by Crippen LogP contribution is -2.51. The van der Waals surface area contributed by atoms with E-state index in [0.29, 0.717) is 19.6 Å². The summed E-state index contributed by atoms with van der Waals surface area (Å²) in [6.07, 6.45) is 2.28. The average molecular weight is 256 g/mol. The molecule has 2 heterocycles. The minimum atomic E-state index is -0.782. The van der Waals surface area contributed by atoms with Crippen LogP contribution in [0.15, 0.2) is 0 Å². The Bertz CT molecular complexity index is 340. The summed E-state index contributed by atoms with van der Waals surface area (Å²) in [5, 5.41) is 9.72. The first-order valence-electron chi connectivity index (χ1n) is 6.71. The molecule has 0 amide bonds. The highest BCUT2D eigenvalue weighted by Gasteiger charge is 2.59. The van der Waals surface area contributed by atoms with Gasteiger partial charge in [0.25, 0.3) is 0 Å². The van der Waals surface area contributed by atoms with Crippen molar-refractivity contribution in [3.8, 4) is 0 Å². The summed E-state index contributed by atoms with van der Waals surface area (Å²) < 4.78 is 11.5. The van der Waals surface area contributed by atoms with Gasteiger partial charge in [0, 0.05) is 12.5 Å². The molecule has 4 heteroatoms. The Morgan fingerprint density at radius 2 is 1.94 bits per heavy atom. The highest BCUT2D eigenvalue weighted by Crippen LogP contribution is 2.53. The number of carbonyl (C=O) groups is 1. The van der Waals surface area contributed by atoms with E-state index >= 15 is 0 Å². The number of aliphatic carboxylic acids is 1. The molecule has 0 radical (unpaired) electrons. The van der Waals surface area contributed by atoms with Gasteiger partial charge in [-0.05, 0) is 47.0 Å². The summed E-state index contributed by atoms with van der Waals surface area (Å²) in [5.74, 6) is -0.737. The molecule has 18 heavy (non-hydrogen) atoms. The Labute approximate surface area is 109 Å². The van der Waals surface area contributed by atoms with Gasteiger partial charge in [0.1, 0.15) is 0 Å². The maximum Gasteiger partial charge on any atom is 0.312 e. The van der Waals surface area contributed by atoms with Gasteiger partial charge in [-0.15, -0.1) is 0 Å². The van der Waals surface area contributed by atoms with Crippen molar-refractivity contribution in [3.63, 3.8) is 0 Å². The predicted octanol–water partition coefficient (Wildman–Crippen LogP) is 2.46. The Balaban J connectivity index is 2.34. The molecule has 0 saturated carbocycles. The van der Waals surface area contributed by atoms with E-state index in [4.69, 9.17) is 9.47 Å². The van der Waals surface area contributed by atoms with Crippen molar-refractivity contribution < 1.29 is 19.4 Å². The van der Waals surface area contributed by atoms with E-state index < -0.39 is 17.0 Å². The SMILES string of the molecule is CC1(C)CC(C2(C(=O)O)CCCOC2)C(C)(C)O1. The van der Waals surface area contributed by atoms with Crippen molar-refractivity contribution in [1.82, 2.24) is 0 Å². The van der Waals surface area contributed by atoms with Crippen LogP contribution in [0, 0.1) is 11.3 Å². The van der Waals surface area contributed by atoms with Gasteiger partial charge in [-0.2, -0.15) is 0 Å². The fraction of sp³-hybridized carbons (Fsp3) is 0.929. The molecule has 0 aliphatic carbocycles. The predicted molar refractivity (Wildman–Crippen MR) is 67.5 cm³/mol. The van der Waals surface area contributed by atoms with E-state index in [1.54, 1.807) is 0 Å². The van der Waals surface area contributed by atoms with Gasteiger partial charge in [-0.1, -0.05) is 0 Å². The Kier molecular flexibility index (Phi) is 3.23. The summed E-state index contributed by atoms with van der Waals surface area (Å²) in [4.78, 5) is 11.8. The quantitative estimate of drug-likeness (QED) is 0.824. The molecule has 1 N–H and O–H groups in total. The fourth-order valence-corrected chi connectivity index (χ4v) is 3.83. The van der Waals surface area contributed by atoms with Crippen LogP contribution in [0.4, 0.5) is 0 Å². The van der Waals surface area contributed by atoms with E-state index in [-0.39, 0.29) is 11.5 Å². The van der Waals surface area contributed by atoms with Crippen LogP contribution in [0.25, 0.3) is 0 Å². The zero-order valence-corrected chi connectivity index (χ0v) is 11.8. The number of carboxylic acid groups (broad SMARTS) is 1. The molecular weight excluding hydrogens is 232 g/mol. The Morgan fingerprint density at radius 3 is 2.33 bits per heavy atom. The molecule has 2 unspecified atom stereocenters. The van der Waals surface area contributed by atoms with Crippen molar-refractivity contribution in [2.45, 2.75) is 58.2 Å². The monoisotopic (exact) mass is 256 g/mol. The van der Waals surface area contributed by atoms with Crippen molar-refractivity contribution >= 4 is 5.97 Å². The number of ether oxygens (including phenoxy) is 2. The van der Waals surface area contributed by atoms with Crippen molar-refractivity contribution in [3.05, 3.63) is 0 Å². The third-order valence-corrected chi connectivity index (χ3v) is 4.44. The smallest absolute Gasteiger partial charge is 0.312 e. The van der Waals surface area contributed by atoms with Gasteiger partial charge in [-0.25, -0.2) is 0 Å². The van der Waals surface area contributed by atoms with E-state index in [1.165, 1.54) is 0 Å². The summed E-state index contributed by atoms with van der Waals surface area (Å²) in [6.45, 7) is 9.07. The second kappa shape index (κ2) is 4.20. The molecule has 0 aromatic rings. The Hall–Kier alpha value is -0.610. The minimum Gasteiger partial charge on any atom is -0.481 e. The van der Waals surface area contributed by atoms with E-state index in [0.717, 1.165) is 12.8 Å². The molecule has 0 bridgehead atoms. The van der Waals surface area contributed by atoms with E-state index in [1.807, 2.05) is 27.7 Å². The first kappa shape index (κ1) is 13.8. The van der Waals surface area contributed by atoms with Crippen molar-refractivity contribution in [1.29, 1.82) is 0 Å². The molecule has 104 valence electrons. The van der Waals surface area contributed by atoms with Crippen LogP contribution < -0.4 is 0 Å². The molecule has 2 rings (SSSR count). The van der Waals surface area contributed by atoms with Crippen LogP contribution >= 0.6 is 0 Å². The van der Waals surface area contributed by atoms with Gasteiger partial charge < -0.3 is 14.6 Å². The number of rotatable bonds is 2. The van der Waals surface area contributed by atoms with Crippen LogP contribution in [0.5, 0.6) is 0 Å². The van der Waals surface area contributed by atoms with Gasteiger partial charge in [0.15, 0.2) is 0 Å². The van der Waals surface area contributed by atoms with Gasteiger partial charge >= 0.3 is 5.97 Å². The van der Waals surface area contributed by atoms with Crippen LogP contribution in [-0.4, -0.2) is 35.5 Å². The lowest BCUT2D eigenvalue weighted by molar-refractivity contribution is -0.172. The summed E-state index contributed by atoms with van der Waals surface area (Å²) in [5.41, 5.74) is -1.45. The highest BCUT2D eigenvalue weighted by molar-refractivity contribution is 5.75. The molecule has 0 aromatic carbocycles. The Morgan fingerprint density at radius 1 is 1.28 bits per heavy atom. The first-order chi connectivity index (χ1) is 8.20. The normalized spacial score (nSPS) is 38.6. The molecule has 2 aliphatic heterocycles. The van der Waals surface area contributed by atoms with Crippen LogP contribution in [0.1, 0.15) is 47.0 Å². The molecule has 0 spiro atoms. The lowest BCUT2D eigenvalue weighted by atomic mass is 9.64. The number of carboxylic acids is 1. The largest absolute Gasteiger partial charge is 0.481 e. The standard InChI is InChI=1S/C14H24O4/c1-12(2)8-10(13(3,4)18-12)14(11(15)16)6-5-7-17-9-14/h10H,5-9H2,1-4H3,(H,15,16). The molecular formula is C14H24O4. The van der Waals surface area contributed by atoms with Gasteiger partial charge in [-0.3, -0.25) is 4.79 Å². The molecule has 2 atom stereocenters. The van der Waals surface area contributed by atoms with Gasteiger partial charge in [0.05, 0.1) is 23.2 Å². The van der Waals surface area contributed by atoms with E-state index in [2.05, 4.69) is 0 Å². The highest BCUT2D eigenvalue weighted by atomic mass is 16.5. The molecule has 2 fully saturated rings. The molecule has 4 nitrogen and oxygen atoms in total. The summed E-state index contributed by atoms with van der Waals surface area (Å²) in [6, 6.07) is 0. The second-order valence-corrected chi connectivity index (χ2v) is 6.84. The number of hydrogen-bond acceptors (Lipinski definition) is 3. The van der Waals surface area contributed by atoms with Gasteiger partial charge in [0.2, 0.25) is 0 Å². The maximum absolute atomic E-state index is 11.8. The minimum absolute atomic E-state index is 0.00204. The first-order valence-corrected chi connectivity index (χ1v) is 6.71. The summed E-state index contributed by atoms with van der Waals surface area (Å²) in [7, 11) is 0. The number of hydrogen-bond donors (Lipinski definition) is 1. The zero-order chi connectivity index (χ0) is 13.6. The third kappa shape index (κ3) is 2.16.